The van der Waals surface area contributed by atoms with Crippen LogP contribution in [0.1, 0.15) is 12.8 Å². The average molecular weight is 361 g/mol. The highest BCUT2D eigenvalue weighted by Gasteiger charge is 2.77. The molecule has 0 bridgehead atoms. The van der Waals surface area contributed by atoms with Gasteiger partial charge in [-0.2, -0.15) is 30.7 Å². The summed E-state index contributed by atoms with van der Waals surface area (Å²) in [6, 6.07) is 0. The second-order valence-corrected chi connectivity index (χ2v) is 11.4. The van der Waals surface area contributed by atoms with Crippen LogP contribution in [0.4, 0.5) is 39.5 Å². The van der Waals surface area contributed by atoms with Crippen LogP contribution in [-0.4, -0.2) is 30.3 Å². The summed E-state index contributed by atoms with van der Waals surface area (Å²) in [6.45, 7) is -4.84. The Morgan fingerprint density at radius 1 is 0.789 bits per heavy atom. The lowest BCUT2D eigenvalue weighted by atomic mass is 10.1. The third kappa shape index (κ3) is 4.07. The fourth-order valence-corrected chi connectivity index (χ4v) is 2.41. The highest BCUT2D eigenvalue weighted by atomic mass is 35.7. The molecule has 0 amide bonds. The van der Waals surface area contributed by atoms with Gasteiger partial charge in [0.15, 0.2) is 0 Å². The van der Waals surface area contributed by atoms with Crippen molar-refractivity contribution in [3.05, 3.63) is 0 Å². The van der Waals surface area contributed by atoms with Gasteiger partial charge in [0.25, 0.3) is 0 Å². The van der Waals surface area contributed by atoms with E-state index >= 15 is 0 Å². The first-order valence-electron chi connectivity index (χ1n) is 4.54. The lowest BCUT2D eigenvalue weighted by Gasteiger charge is -2.36. The van der Waals surface area contributed by atoms with E-state index in [9.17, 15) is 39.5 Å². The minimum Gasteiger partial charge on any atom is -0.201 e. The normalized spacial score (nSPS) is 15.8. The second kappa shape index (κ2) is 5.17. The summed E-state index contributed by atoms with van der Waals surface area (Å²) in [6.07, 6.45) is -10.0. The van der Waals surface area contributed by atoms with Crippen LogP contribution in [-0.2, 0) is 0 Å². The van der Waals surface area contributed by atoms with Gasteiger partial charge in [0.1, 0.15) is 0 Å². The van der Waals surface area contributed by atoms with E-state index in [0.717, 1.165) is 0 Å². The van der Waals surface area contributed by atoms with Crippen molar-refractivity contribution in [3.8, 4) is 0 Å². The molecule has 0 saturated carbocycles. The first kappa shape index (κ1) is 19.2. The number of halogens is 11. The Balaban J connectivity index is 5.28. The summed E-state index contributed by atoms with van der Waals surface area (Å²) in [4.78, 5) is 0. The minimum absolute atomic E-state index is 0.268. The molecule has 0 atom stereocenters. The fraction of sp³-hybridized carbons (Fsp3) is 1.00. The van der Waals surface area contributed by atoms with Gasteiger partial charge in [-0.05, 0) is 6.55 Å². The highest BCUT2D eigenvalue weighted by molar-refractivity contribution is 7.46. The van der Waals surface area contributed by atoms with Gasteiger partial charge in [0.05, 0.1) is 0 Å². The van der Waals surface area contributed by atoms with Gasteiger partial charge < -0.3 is 0 Å². The molecule has 12 heteroatoms. The zero-order chi connectivity index (χ0) is 15.9. The predicted octanol–water partition coefficient (Wildman–Crippen LogP) is 5.32. The van der Waals surface area contributed by atoms with E-state index in [-0.39, 0.29) is 6.55 Å². The molecule has 0 N–H and O–H groups in total. The highest BCUT2D eigenvalue weighted by Crippen LogP contribution is 2.53. The Hall–Kier alpha value is 0.167. The molecule has 116 valence electrons. The van der Waals surface area contributed by atoms with Gasteiger partial charge in [-0.25, -0.2) is 8.78 Å². The van der Waals surface area contributed by atoms with Crippen LogP contribution in [0.5, 0.6) is 0 Å². The number of hydrogen-bond acceptors (Lipinski definition) is 0. The number of rotatable bonds is 5. The third-order valence-corrected chi connectivity index (χ3v) is 4.97. The molecule has 19 heavy (non-hydrogen) atoms. The van der Waals surface area contributed by atoms with Crippen LogP contribution in [0.15, 0.2) is 0 Å². The van der Waals surface area contributed by atoms with Crippen molar-refractivity contribution >= 4 is 28.9 Å². The van der Waals surface area contributed by atoms with Crippen LogP contribution >= 0.6 is 22.2 Å². The molecule has 0 aromatic carbocycles. The maximum Gasteiger partial charge on any atom is 0.389 e. The molecule has 0 saturated heterocycles. The zero-order valence-electron chi connectivity index (χ0n) is 9.07. The zero-order valence-corrected chi connectivity index (χ0v) is 11.6. The van der Waals surface area contributed by atoms with Gasteiger partial charge >= 0.3 is 30.3 Å². The largest absolute Gasteiger partial charge is 0.389 e. The van der Waals surface area contributed by atoms with Crippen LogP contribution in [0.3, 0.4) is 0 Å². The maximum absolute atomic E-state index is 13.1. The molecule has 0 aliphatic carbocycles. The van der Waals surface area contributed by atoms with Crippen molar-refractivity contribution in [3.63, 3.8) is 0 Å². The van der Waals surface area contributed by atoms with Gasteiger partial charge in [0, 0.05) is 12.8 Å². The van der Waals surface area contributed by atoms with Gasteiger partial charge in [0.2, 0.25) is 0 Å². The van der Waals surface area contributed by atoms with Crippen molar-refractivity contribution in [2.24, 2.45) is 0 Å². The van der Waals surface area contributed by atoms with Crippen molar-refractivity contribution in [1.29, 1.82) is 0 Å². The Morgan fingerprint density at radius 3 is 1.42 bits per heavy atom. The molecule has 0 unspecified atom stereocenters. The van der Waals surface area contributed by atoms with Gasteiger partial charge in [-0.1, -0.05) is 0 Å². The lowest BCUT2D eigenvalue weighted by Crippen LogP contribution is -2.62. The monoisotopic (exact) mass is 360 g/mol. The Morgan fingerprint density at radius 2 is 1.16 bits per heavy atom. The summed E-state index contributed by atoms with van der Waals surface area (Å²) in [5.74, 6) is -11.7. The van der Waals surface area contributed by atoms with Gasteiger partial charge in [-0.3, -0.25) is 0 Å². The molecule has 0 aromatic heterocycles. The average Bonchev–Trinajstić information content (AvgIpc) is 2.11. The van der Waals surface area contributed by atoms with E-state index in [1.165, 1.54) is 0 Å². The molecule has 0 spiro atoms. The summed E-state index contributed by atoms with van der Waals surface area (Å²) in [5, 5.41) is 0. The number of alkyl halides is 9. The first-order chi connectivity index (χ1) is 7.96. The summed E-state index contributed by atoms with van der Waals surface area (Å²) in [5.41, 5.74) is -5.49. The topological polar surface area (TPSA) is 0 Å². The van der Waals surface area contributed by atoms with E-state index in [0.29, 0.717) is 0 Å². The van der Waals surface area contributed by atoms with Crippen LogP contribution in [0.2, 0.25) is 6.55 Å². The van der Waals surface area contributed by atoms with Crippen LogP contribution < -0.4 is 0 Å². The molecular weight excluding hydrogens is 354 g/mol. The Labute approximate surface area is 112 Å². The standard InChI is InChI=1S/C7H7Cl2F9Si/c1-19(8,9)7(17,18)6(15,16)4(10,11)2-3-5(12,13)14/h2-3H2,1H3. The maximum atomic E-state index is 13.1. The molecule has 0 aromatic rings. The van der Waals surface area contributed by atoms with Crippen molar-refractivity contribution in [1.82, 2.24) is 0 Å². The van der Waals surface area contributed by atoms with Crippen molar-refractivity contribution in [2.75, 3.05) is 0 Å². The predicted molar refractivity (Wildman–Crippen MR) is 53.5 cm³/mol. The molecule has 0 aliphatic heterocycles. The molecule has 0 aliphatic rings. The first-order valence-corrected chi connectivity index (χ1v) is 9.06. The van der Waals surface area contributed by atoms with E-state index < -0.39 is 43.1 Å². The molecule has 0 radical (unpaired) electrons. The van der Waals surface area contributed by atoms with E-state index in [2.05, 4.69) is 0 Å². The quantitative estimate of drug-likeness (QED) is 0.353. The molecule has 0 fully saturated rings. The molecule has 0 heterocycles. The smallest absolute Gasteiger partial charge is 0.201 e. The van der Waals surface area contributed by atoms with Gasteiger partial charge in [-0.15, -0.1) is 22.2 Å². The van der Waals surface area contributed by atoms with Crippen molar-refractivity contribution in [2.45, 2.75) is 43.0 Å². The van der Waals surface area contributed by atoms with Crippen molar-refractivity contribution < 1.29 is 39.5 Å². The van der Waals surface area contributed by atoms with E-state index in [4.69, 9.17) is 22.2 Å². The Bertz CT molecular complexity index is 320. The minimum atomic E-state index is -6.07. The number of hydrogen-bond donors (Lipinski definition) is 0. The summed E-state index contributed by atoms with van der Waals surface area (Å²) in [7, 11) is 0. The fourth-order valence-electron chi connectivity index (χ4n) is 0.961. The lowest BCUT2D eigenvalue weighted by molar-refractivity contribution is -0.290. The molecule has 0 rings (SSSR count). The van der Waals surface area contributed by atoms with E-state index in [1.807, 2.05) is 0 Å². The summed E-state index contributed by atoms with van der Waals surface area (Å²) < 4.78 is 113. The summed E-state index contributed by atoms with van der Waals surface area (Å²) >= 11 is 9.65. The molecular formula is C7H7Cl2F9Si. The molecule has 0 nitrogen and oxygen atoms in total. The third-order valence-electron chi connectivity index (χ3n) is 2.13. The van der Waals surface area contributed by atoms with E-state index in [1.54, 1.807) is 0 Å². The Kier molecular flexibility index (Phi) is 5.22. The second-order valence-electron chi connectivity index (χ2n) is 3.86. The van der Waals surface area contributed by atoms with Crippen LogP contribution in [0.25, 0.3) is 0 Å². The SMILES string of the molecule is C[Si](Cl)(Cl)C(F)(F)C(F)(F)C(F)(F)CCC(F)(F)F. The van der Waals surface area contributed by atoms with Crippen LogP contribution in [0, 0.1) is 0 Å².